The Kier molecular flexibility index (Phi) is 7.30. The molecule has 0 aliphatic heterocycles. The number of carbonyl (C=O) groups is 2. The van der Waals surface area contributed by atoms with Crippen molar-refractivity contribution in [3.05, 3.63) is 33.4 Å². The number of carbonyl (C=O) groups excluding carboxylic acids is 2. The van der Waals surface area contributed by atoms with Crippen LogP contribution >= 0.6 is 0 Å². The summed E-state index contributed by atoms with van der Waals surface area (Å²) in [7, 11) is 0. The zero-order valence-electron chi connectivity index (χ0n) is 18.2. The van der Waals surface area contributed by atoms with Crippen molar-refractivity contribution in [3.63, 3.8) is 0 Å². The van der Waals surface area contributed by atoms with Gasteiger partial charge in [-0.05, 0) is 26.7 Å². The van der Waals surface area contributed by atoms with Crippen molar-refractivity contribution >= 4 is 23.2 Å². The number of aryl methyl sites for hydroxylation is 2. The molecule has 0 aromatic carbocycles. The molecule has 11 heteroatoms. The predicted molar refractivity (Wildman–Crippen MR) is 111 cm³/mol. The summed E-state index contributed by atoms with van der Waals surface area (Å²) in [5.41, 5.74) is 1.13. The number of anilines is 1. The highest BCUT2D eigenvalue weighted by atomic mass is 16.6. The van der Waals surface area contributed by atoms with E-state index < -0.39 is 10.8 Å². The minimum absolute atomic E-state index is 0.0454. The maximum Gasteiger partial charge on any atom is 0.312 e. The van der Waals surface area contributed by atoms with Gasteiger partial charge in [-0.25, -0.2) is 0 Å². The molecule has 0 saturated heterocycles. The summed E-state index contributed by atoms with van der Waals surface area (Å²) in [6, 6.07) is 0. The Labute approximate surface area is 175 Å². The Morgan fingerprint density at radius 2 is 1.90 bits per heavy atom. The lowest BCUT2D eigenvalue weighted by molar-refractivity contribution is -0.386. The molecule has 2 N–H and O–H groups in total. The van der Waals surface area contributed by atoms with Crippen LogP contribution in [0.1, 0.15) is 49.6 Å². The van der Waals surface area contributed by atoms with Gasteiger partial charge in [-0.15, -0.1) is 0 Å². The van der Waals surface area contributed by atoms with Gasteiger partial charge in [0.2, 0.25) is 5.91 Å². The summed E-state index contributed by atoms with van der Waals surface area (Å²) < 4.78 is 3.04. The van der Waals surface area contributed by atoms with Gasteiger partial charge in [0.15, 0.2) is 5.69 Å². The van der Waals surface area contributed by atoms with Crippen molar-refractivity contribution in [2.75, 3.05) is 11.9 Å². The van der Waals surface area contributed by atoms with Crippen molar-refractivity contribution in [1.29, 1.82) is 0 Å². The van der Waals surface area contributed by atoms with Crippen LogP contribution in [0.3, 0.4) is 0 Å². The van der Waals surface area contributed by atoms with Crippen LogP contribution in [0.4, 0.5) is 11.4 Å². The van der Waals surface area contributed by atoms with E-state index >= 15 is 0 Å². The third-order valence-corrected chi connectivity index (χ3v) is 4.65. The molecule has 0 aliphatic carbocycles. The van der Waals surface area contributed by atoms with Gasteiger partial charge in [0.1, 0.15) is 11.4 Å². The number of aromatic nitrogens is 4. The maximum absolute atomic E-state index is 12.7. The minimum Gasteiger partial charge on any atom is -0.350 e. The normalized spacial score (nSPS) is 12.1. The molecule has 2 aromatic rings. The molecule has 2 aromatic heterocycles. The summed E-state index contributed by atoms with van der Waals surface area (Å²) in [4.78, 5) is 35.9. The third-order valence-electron chi connectivity index (χ3n) is 4.65. The Morgan fingerprint density at radius 3 is 2.43 bits per heavy atom. The second-order valence-corrected chi connectivity index (χ2v) is 7.70. The van der Waals surface area contributed by atoms with E-state index in [0.29, 0.717) is 30.2 Å². The SMILES string of the molecule is CCn1cc(NC(=O)C(C)Cn2nc(C)c([N+](=O)[O-])c2C)c(C(=O)NCC(C)C)n1. The average Bonchev–Trinajstić information content (AvgIpc) is 3.19. The first kappa shape index (κ1) is 23.0. The fourth-order valence-corrected chi connectivity index (χ4v) is 2.95. The van der Waals surface area contributed by atoms with Crippen LogP contribution in [0.15, 0.2) is 6.20 Å². The fourth-order valence-electron chi connectivity index (χ4n) is 2.95. The van der Waals surface area contributed by atoms with Gasteiger partial charge in [-0.1, -0.05) is 20.8 Å². The zero-order valence-corrected chi connectivity index (χ0v) is 18.2. The van der Waals surface area contributed by atoms with Gasteiger partial charge in [-0.3, -0.25) is 29.1 Å². The molecule has 2 amide bonds. The Balaban J connectivity index is 2.15. The number of nitrogens with one attached hydrogen (secondary N) is 2. The highest BCUT2D eigenvalue weighted by molar-refractivity contribution is 6.02. The molecule has 0 bridgehead atoms. The van der Waals surface area contributed by atoms with E-state index in [-0.39, 0.29) is 35.7 Å². The Morgan fingerprint density at radius 1 is 1.23 bits per heavy atom. The maximum atomic E-state index is 12.7. The molecule has 0 saturated carbocycles. The molecular weight excluding hydrogens is 390 g/mol. The quantitative estimate of drug-likeness (QED) is 0.472. The van der Waals surface area contributed by atoms with E-state index in [9.17, 15) is 19.7 Å². The topological polar surface area (TPSA) is 137 Å². The Bertz CT molecular complexity index is 945. The number of hydrogen-bond donors (Lipinski definition) is 2. The lowest BCUT2D eigenvalue weighted by atomic mass is 10.1. The minimum atomic E-state index is -0.542. The molecule has 11 nitrogen and oxygen atoms in total. The van der Waals surface area contributed by atoms with Crippen molar-refractivity contribution in [1.82, 2.24) is 24.9 Å². The van der Waals surface area contributed by atoms with Crippen LogP contribution in [-0.2, 0) is 17.9 Å². The van der Waals surface area contributed by atoms with Crippen molar-refractivity contribution < 1.29 is 14.5 Å². The molecule has 0 fully saturated rings. The summed E-state index contributed by atoms with van der Waals surface area (Å²) in [6.07, 6.45) is 1.61. The summed E-state index contributed by atoms with van der Waals surface area (Å²) in [5, 5.41) is 25.2. The van der Waals surface area contributed by atoms with E-state index in [1.165, 1.54) is 4.68 Å². The predicted octanol–water partition coefficient (Wildman–Crippen LogP) is 2.29. The van der Waals surface area contributed by atoms with E-state index in [1.54, 1.807) is 31.6 Å². The average molecular weight is 419 g/mol. The molecule has 30 heavy (non-hydrogen) atoms. The van der Waals surface area contributed by atoms with Crippen LogP contribution in [0.5, 0.6) is 0 Å². The molecule has 164 valence electrons. The molecule has 1 atom stereocenters. The summed E-state index contributed by atoms with van der Waals surface area (Å²) in [5.74, 6) is -0.948. The van der Waals surface area contributed by atoms with Crippen LogP contribution in [0, 0.1) is 35.8 Å². The second-order valence-electron chi connectivity index (χ2n) is 7.70. The zero-order chi connectivity index (χ0) is 22.6. The van der Waals surface area contributed by atoms with Crippen molar-refractivity contribution in [3.8, 4) is 0 Å². The molecule has 1 unspecified atom stereocenters. The Hall–Kier alpha value is -3.24. The standard InChI is InChI=1S/C19H29N7O4/c1-7-24-10-15(16(23-24)19(28)20-8-11(2)3)21-18(27)12(4)9-25-14(6)17(26(29)30)13(5)22-25/h10-12H,7-9H2,1-6H3,(H,20,28)(H,21,27). The summed E-state index contributed by atoms with van der Waals surface area (Å²) >= 11 is 0. The van der Waals surface area contributed by atoms with Crippen LogP contribution in [0.2, 0.25) is 0 Å². The first-order valence-corrected chi connectivity index (χ1v) is 9.90. The van der Waals surface area contributed by atoms with Gasteiger partial charge in [-0.2, -0.15) is 10.2 Å². The molecule has 0 spiro atoms. The number of amides is 2. The molecule has 0 radical (unpaired) electrons. The van der Waals surface area contributed by atoms with E-state index in [1.807, 2.05) is 20.8 Å². The number of nitrogens with zero attached hydrogens (tertiary/aromatic N) is 5. The summed E-state index contributed by atoms with van der Waals surface area (Å²) in [6.45, 7) is 11.9. The van der Waals surface area contributed by atoms with Gasteiger partial charge in [0.25, 0.3) is 5.91 Å². The number of hydrogen-bond acceptors (Lipinski definition) is 6. The molecule has 2 heterocycles. The lowest BCUT2D eigenvalue weighted by Gasteiger charge is -2.13. The molecule has 2 rings (SSSR count). The van der Waals surface area contributed by atoms with Crippen LogP contribution in [0.25, 0.3) is 0 Å². The van der Waals surface area contributed by atoms with Gasteiger partial charge >= 0.3 is 5.69 Å². The molecule has 0 aliphatic rings. The van der Waals surface area contributed by atoms with Crippen LogP contribution < -0.4 is 10.6 Å². The van der Waals surface area contributed by atoms with Crippen molar-refractivity contribution in [2.45, 2.75) is 54.6 Å². The number of nitro groups is 1. The largest absolute Gasteiger partial charge is 0.350 e. The first-order chi connectivity index (χ1) is 14.0. The van der Waals surface area contributed by atoms with Gasteiger partial charge in [0, 0.05) is 19.3 Å². The third kappa shape index (κ3) is 5.22. The first-order valence-electron chi connectivity index (χ1n) is 9.90. The lowest BCUT2D eigenvalue weighted by Crippen LogP contribution is -2.30. The highest BCUT2D eigenvalue weighted by Gasteiger charge is 2.25. The monoisotopic (exact) mass is 419 g/mol. The van der Waals surface area contributed by atoms with Gasteiger partial charge in [0.05, 0.1) is 23.1 Å². The van der Waals surface area contributed by atoms with E-state index in [0.717, 1.165) is 0 Å². The van der Waals surface area contributed by atoms with Gasteiger partial charge < -0.3 is 10.6 Å². The molecular formula is C19H29N7O4. The second kappa shape index (κ2) is 9.51. The smallest absolute Gasteiger partial charge is 0.312 e. The van der Waals surface area contributed by atoms with Crippen LogP contribution in [-0.4, -0.2) is 42.8 Å². The van der Waals surface area contributed by atoms with E-state index in [4.69, 9.17) is 0 Å². The fraction of sp³-hybridized carbons (Fsp3) is 0.579. The number of rotatable bonds is 9. The van der Waals surface area contributed by atoms with E-state index in [2.05, 4.69) is 20.8 Å². The highest BCUT2D eigenvalue weighted by Crippen LogP contribution is 2.23. The van der Waals surface area contributed by atoms with Crippen molar-refractivity contribution in [2.24, 2.45) is 11.8 Å².